The van der Waals surface area contributed by atoms with E-state index < -0.39 is 0 Å². The Bertz CT molecular complexity index is 626. The van der Waals surface area contributed by atoms with Gasteiger partial charge < -0.3 is 10.0 Å². The van der Waals surface area contributed by atoms with Gasteiger partial charge in [-0.3, -0.25) is 4.90 Å². The van der Waals surface area contributed by atoms with Crippen LogP contribution in [0.25, 0.3) is 10.8 Å². The van der Waals surface area contributed by atoms with E-state index in [1.54, 1.807) is 0 Å². The van der Waals surface area contributed by atoms with Crippen LogP contribution in [0.4, 0.5) is 0 Å². The van der Waals surface area contributed by atoms with Gasteiger partial charge in [0.05, 0.1) is 0 Å². The van der Waals surface area contributed by atoms with Crippen LogP contribution in [-0.4, -0.2) is 48.1 Å². The number of rotatable bonds is 3. The molecule has 0 saturated carbocycles. The van der Waals surface area contributed by atoms with Crippen LogP contribution in [0, 0.1) is 0 Å². The summed E-state index contributed by atoms with van der Waals surface area (Å²) in [5.41, 5.74) is 1.05. The molecule has 1 heterocycles. The number of piperidine rings is 1. The molecule has 2 aromatic carbocycles. The number of phenolic OH excluding ortho intramolecular Hbond substituents is 1. The monoisotopic (exact) mass is 284 g/mol. The number of hydrogen-bond donors (Lipinski definition) is 1. The number of nitrogens with zero attached hydrogens (tertiary/aromatic N) is 2. The van der Waals surface area contributed by atoms with Gasteiger partial charge in [0.2, 0.25) is 0 Å². The van der Waals surface area contributed by atoms with E-state index in [4.69, 9.17) is 0 Å². The van der Waals surface area contributed by atoms with Gasteiger partial charge in [0.15, 0.2) is 0 Å². The fraction of sp³-hybridized carbons (Fsp3) is 0.444. The fourth-order valence-corrected chi connectivity index (χ4v) is 3.37. The van der Waals surface area contributed by atoms with Crippen molar-refractivity contribution in [3.63, 3.8) is 0 Å². The van der Waals surface area contributed by atoms with Crippen LogP contribution in [-0.2, 0) is 6.54 Å². The number of benzene rings is 2. The number of phenols is 1. The molecule has 0 aliphatic carbocycles. The number of likely N-dealkylation sites (N-methyl/N-ethyl adjacent to an activating group) is 2. The number of hydrogen-bond acceptors (Lipinski definition) is 3. The van der Waals surface area contributed by atoms with Crippen molar-refractivity contribution < 1.29 is 5.11 Å². The lowest BCUT2D eigenvalue weighted by atomic mass is 10.0. The largest absolute Gasteiger partial charge is 0.508 e. The summed E-state index contributed by atoms with van der Waals surface area (Å²) in [5.74, 6) is 0.407. The molecule has 1 saturated heterocycles. The maximum absolute atomic E-state index is 10.3. The normalized spacial score (nSPS) is 20.2. The minimum absolute atomic E-state index is 0.407. The molecular weight excluding hydrogens is 260 g/mol. The Morgan fingerprint density at radius 3 is 2.86 bits per heavy atom. The molecule has 0 spiro atoms. The molecular formula is C18H24N2O. The van der Waals surface area contributed by atoms with Crippen LogP contribution in [0.3, 0.4) is 0 Å². The maximum atomic E-state index is 10.3. The highest BCUT2D eigenvalue weighted by molar-refractivity contribution is 5.87. The fourth-order valence-electron chi connectivity index (χ4n) is 3.37. The topological polar surface area (TPSA) is 26.7 Å². The van der Waals surface area contributed by atoms with Crippen LogP contribution in [0.1, 0.15) is 18.4 Å². The molecule has 3 rings (SSSR count). The quantitative estimate of drug-likeness (QED) is 0.938. The van der Waals surface area contributed by atoms with Crippen molar-refractivity contribution in [2.45, 2.75) is 25.4 Å². The number of fused-ring (bicyclic) bond motifs is 1. The average molecular weight is 284 g/mol. The summed E-state index contributed by atoms with van der Waals surface area (Å²) in [5, 5.41) is 12.6. The van der Waals surface area contributed by atoms with Gasteiger partial charge in [-0.05, 0) is 50.3 Å². The van der Waals surface area contributed by atoms with Gasteiger partial charge in [0.25, 0.3) is 0 Å². The van der Waals surface area contributed by atoms with Gasteiger partial charge in [-0.1, -0.05) is 30.3 Å². The predicted molar refractivity (Wildman–Crippen MR) is 87.6 cm³/mol. The Hall–Kier alpha value is -1.58. The van der Waals surface area contributed by atoms with E-state index in [-0.39, 0.29) is 0 Å². The molecule has 1 unspecified atom stereocenters. The summed E-state index contributed by atoms with van der Waals surface area (Å²) in [6, 6.07) is 12.7. The molecule has 21 heavy (non-hydrogen) atoms. The lowest BCUT2D eigenvalue weighted by Crippen LogP contribution is -2.44. The summed E-state index contributed by atoms with van der Waals surface area (Å²) in [6.07, 6.45) is 2.50. The number of likely N-dealkylation sites (tertiary alicyclic amines) is 1. The van der Waals surface area contributed by atoms with E-state index in [1.807, 2.05) is 24.3 Å². The lowest BCUT2D eigenvalue weighted by molar-refractivity contribution is 0.129. The third-order valence-corrected chi connectivity index (χ3v) is 4.65. The first-order valence-corrected chi connectivity index (χ1v) is 7.73. The maximum Gasteiger partial charge on any atom is 0.120 e. The Balaban J connectivity index is 1.85. The molecule has 1 N–H and O–H groups in total. The molecule has 0 bridgehead atoms. The molecule has 3 nitrogen and oxygen atoms in total. The SMILES string of the molecule is CN1CCCC(N(C)Cc2c(O)ccc3ccccc23)C1. The molecule has 1 fully saturated rings. The average Bonchev–Trinajstić information content (AvgIpc) is 2.50. The Morgan fingerprint density at radius 1 is 1.24 bits per heavy atom. The second kappa shape index (κ2) is 6.04. The van der Waals surface area contributed by atoms with Gasteiger partial charge in [-0.15, -0.1) is 0 Å². The van der Waals surface area contributed by atoms with E-state index in [2.05, 4.69) is 36.0 Å². The molecule has 1 atom stereocenters. The van der Waals surface area contributed by atoms with Crippen molar-refractivity contribution in [3.05, 3.63) is 42.0 Å². The minimum Gasteiger partial charge on any atom is -0.508 e. The zero-order chi connectivity index (χ0) is 14.8. The Morgan fingerprint density at radius 2 is 2.05 bits per heavy atom. The molecule has 112 valence electrons. The first-order chi connectivity index (χ1) is 10.1. The molecule has 0 amide bonds. The molecule has 1 aliphatic heterocycles. The van der Waals surface area contributed by atoms with Crippen LogP contribution >= 0.6 is 0 Å². The second-order valence-corrected chi connectivity index (χ2v) is 6.26. The minimum atomic E-state index is 0.407. The van der Waals surface area contributed by atoms with Crippen LogP contribution < -0.4 is 0 Å². The van der Waals surface area contributed by atoms with Crippen molar-refractivity contribution >= 4 is 10.8 Å². The van der Waals surface area contributed by atoms with Gasteiger partial charge in [0, 0.05) is 24.7 Å². The van der Waals surface area contributed by atoms with Crippen molar-refractivity contribution in [2.24, 2.45) is 0 Å². The van der Waals surface area contributed by atoms with Gasteiger partial charge in [-0.25, -0.2) is 0 Å². The molecule has 3 heteroatoms. The van der Waals surface area contributed by atoms with Crippen molar-refractivity contribution in [1.29, 1.82) is 0 Å². The molecule has 0 aromatic heterocycles. The lowest BCUT2D eigenvalue weighted by Gasteiger charge is -2.36. The smallest absolute Gasteiger partial charge is 0.120 e. The van der Waals surface area contributed by atoms with E-state index in [0.29, 0.717) is 11.8 Å². The highest BCUT2D eigenvalue weighted by Crippen LogP contribution is 2.29. The summed E-state index contributed by atoms with van der Waals surface area (Å²) < 4.78 is 0. The Kier molecular flexibility index (Phi) is 4.13. The summed E-state index contributed by atoms with van der Waals surface area (Å²) in [4.78, 5) is 4.78. The highest BCUT2D eigenvalue weighted by atomic mass is 16.3. The second-order valence-electron chi connectivity index (χ2n) is 6.26. The van der Waals surface area contributed by atoms with Crippen molar-refractivity contribution in [3.8, 4) is 5.75 Å². The standard InChI is InChI=1S/C18H24N2O/c1-19-11-5-7-15(12-19)20(2)13-17-16-8-4-3-6-14(16)9-10-18(17)21/h3-4,6,8-10,15,21H,5,7,11-13H2,1-2H3. The third-order valence-electron chi connectivity index (χ3n) is 4.65. The molecule has 2 aromatic rings. The van der Waals surface area contributed by atoms with Crippen LogP contribution in [0.15, 0.2) is 36.4 Å². The zero-order valence-corrected chi connectivity index (χ0v) is 12.9. The summed E-state index contributed by atoms with van der Waals surface area (Å²) in [7, 11) is 4.36. The highest BCUT2D eigenvalue weighted by Gasteiger charge is 2.22. The van der Waals surface area contributed by atoms with Crippen LogP contribution in [0.5, 0.6) is 5.75 Å². The van der Waals surface area contributed by atoms with E-state index in [9.17, 15) is 5.11 Å². The Labute approximate surface area is 126 Å². The van der Waals surface area contributed by atoms with Gasteiger partial charge in [-0.2, -0.15) is 0 Å². The predicted octanol–water partition coefficient (Wildman–Crippen LogP) is 3.07. The van der Waals surface area contributed by atoms with E-state index in [0.717, 1.165) is 24.0 Å². The van der Waals surface area contributed by atoms with Crippen molar-refractivity contribution in [1.82, 2.24) is 9.80 Å². The van der Waals surface area contributed by atoms with E-state index >= 15 is 0 Å². The summed E-state index contributed by atoms with van der Waals surface area (Å²) in [6.45, 7) is 3.11. The van der Waals surface area contributed by atoms with Crippen molar-refractivity contribution in [2.75, 3.05) is 27.2 Å². The number of aromatic hydroxyl groups is 1. The van der Waals surface area contributed by atoms with Crippen LogP contribution in [0.2, 0.25) is 0 Å². The van der Waals surface area contributed by atoms with Gasteiger partial charge in [0.1, 0.15) is 5.75 Å². The van der Waals surface area contributed by atoms with E-state index in [1.165, 1.54) is 24.8 Å². The summed E-state index contributed by atoms with van der Waals surface area (Å²) >= 11 is 0. The first kappa shape index (κ1) is 14.4. The molecule has 0 radical (unpaired) electrons. The third kappa shape index (κ3) is 3.04. The zero-order valence-electron chi connectivity index (χ0n) is 12.9. The first-order valence-electron chi connectivity index (χ1n) is 7.73. The molecule has 1 aliphatic rings. The van der Waals surface area contributed by atoms with Gasteiger partial charge >= 0.3 is 0 Å².